The number of nitro groups is 1. The van der Waals surface area contributed by atoms with Gasteiger partial charge in [0.05, 0.1) is 17.6 Å². The van der Waals surface area contributed by atoms with Crippen LogP contribution in [0.2, 0.25) is 0 Å². The lowest BCUT2D eigenvalue weighted by Crippen LogP contribution is -2.05. The Hall–Kier alpha value is -2.47. The monoisotopic (exact) mass is 287 g/mol. The Balaban J connectivity index is 2.06. The molecular weight excluding hydrogens is 270 g/mol. The molecule has 2 rings (SSSR count). The van der Waals surface area contributed by atoms with Gasteiger partial charge >= 0.3 is 0 Å². The minimum absolute atomic E-state index is 0.0232. The van der Waals surface area contributed by atoms with Gasteiger partial charge in [-0.3, -0.25) is 10.1 Å². The first-order chi connectivity index (χ1) is 10.2. The Bertz CT molecular complexity index is 617. The van der Waals surface area contributed by atoms with Crippen molar-refractivity contribution in [1.82, 2.24) is 4.98 Å². The zero-order valence-electron chi connectivity index (χ0n) is 11.8. The molecule has 2 aromatic rings. The van der Waals surface area contributed by atoms with Crippen LogP contribution in [0.15, 0.2) is 42.6 Å². The summed E-state index contributed by atoms with van der Waals surface area (Å²) in [7, 11) is 0. The van der Waals surface area contributed by atoms with E-state index in [1.54, 1.807) is 0 Å². The molecule has 1 heterocycles. The van der Waals surface area contributed by atoms with Crippen molar-refractivity contribution >= 4 is 11.5 Å². The van der Waals surface area contributed by atoms with Crippen LogP contribution in [0.3, 0.4) is 0 Å². The third-order valence-electron chi connectivity index (χ3n) is 2.99. The molecule has 0 spiro atoms. The van der Waals surface area contributed by atoms with Crippen LogP contribution in [0, 0.1) is 10.1 Å². The molecule has 1 N–H and O–H groups in total. The van der Waals surface area contributed by atoms with Crippen LogP contribution in [0.5, 0.6) is 0 Å². The number of nitrogens with zero attached hydrogens (tertiary/aromatic N) is 2. The molecule has 110 valence electrons. The molecule has 6 heteroatoms. The molecule has 1 aromatic carbocycles. The molecule has 0 aliphatic rings. The van der Waals surface area contributed by atoms with Crippen LogP contribution < -0.4 is 5.32 Å². The molecule has 0 aliphatic heterocycles. The lowest BCUT2D eigenvalue weighted by atomic mass is 10.1. The molecule has 6 nitrogen and oxygen atoms in total. The van der Waals surface area contributed by atoms with E-state index in [1.165, 1.54) is 18.3 Å². The average Bonchev–Trinajstić information content (AvgIpc) is 2.52. The first-order valence-corrected chi connectivity index (χ1v) is 6.69. The molecule has 0 aliphatic carbocycles. The van der Waals surface area contributed by atoms with Crippen LogP contribution in [-0.2, 0) is 17.9 Å². The molecule has 0 bridgehead atoms. The van der Waals surface area contributed by atoms with E-state index < -0.39 is 4.92 Å². The maximum Gasteiger partial charge on any atom is 0.274 e. The summed E-state index contributed by atoms with van der Waals surface area (Å²) in [6.07, 6.45) is 1.42. The van der Waals surface area contributed by atoms with E-state index in [0.717, 1.165) is 11.1 Å². The second kappa shape index (κ2) is 7.35. The van der Waals surface area contributed by atoms with Gasteiger partial charge in [0.25, 0.3) is 5.69 Å². The van der Waals surface area contributed by atoms with Crippen molar-refractivity contribution in [3.05, 3.63) is 63.8 Å². The van der Waals surface area contributed by atoms with E-state index in [-0.39, 0.29) is 5.69 Å². The molecule has 0 amide bonds. The molecule has 0 unspecified atom stereocenters. The highest BCUT2D eigenvalue weighted by Crippen LogP contribution is 2.16. The summed E-state index contributed by atoms with van der Waals surface area (Å²) in [4.78, 5) is 14.4. The lowest BCUT2D eigenvalue weighted by Gasteiger charge is -2.11. The number of hydrogen-bond acceptors (Lipinski definition) is 5. The van der Waals surface area contributed by atoms with Gasteiger partial charge < -0.3 is 10.1 Å². The number of aromatic nitrogens is 1. The second-order valence-corrected chi connectivity index (χ2v) is 4.42. The smallest absolute Gasteiger partial charge is 0.274 e. The highest BCUT2D eigenvalue weighted by Gasteiger charge is 2.07. The van der Waals surface area contributed by atoms with Crippen molar-refractivity contribution in [3.63, 3.8) is 0 Å². The summed E-state index contributed by atoms with van der Waals surface area (Å²) in [5, 5.41) is 13.8. The van der Waals surface area contributed by atoms with Crippen molar-refractivity contribution in [1.29, 1.82) is 0 Å². The van der Waals surface area contributed by atoms with Crippen molar-refractivity contribution in [2.45, 2.75) is 20.1 Å². The van der Waals surface area contributed by atoms with Crippen LogP contribution in [-0.4, -0.2) is 16.5 Å². The zero-order chi connectivity index (χ0) is 15.1. The Morgan fingerprint density at radius 2 is 2.05 bits per heavy atom. The van der Waals surface area contributed by atoms with E-state index in [4.69, 9.17) is 4.74 Å². The van der Waals surface area contributed by atoms with E-state index in [9.17, 15) is 10.1 Å². The predicted octanol–water partition coefficient (Wildman–Crippen LogP) is 3.14. The maximum absolute atomic E-state index is 10.7. The average molecular weight is 287 g/mol. The summed E-state index contributed by atoms with van der Waals surface area (Å²) in [5.74, 6) is 0.482. The summed E-state index contributed by atoms with van der Waals surface area (Å²) in [6.45, 7) is 3.70. The van der Waals surface area contributed by atoms with Crippen LogP contribution in [0.1, 0.15) is 18.1 Å². The van der Waals surface area contributed by atoms with Gasteiger partial charge in [-0.15, -0.1) is 0 Å². The molecule has 0 saturated carbocycles. The third-order valence-corrected chi connectivity index (χ3v) is 2.99. The topological polar surface area (TPSA) is 77.3 Å². The summed E-state index contributed by atoms with van der Waals surface area (Å²) in [5.41, 5.74) is 2.20. The summed E-state index contributed by atoms with van der Waals surface area (Å²) < 4.78 is 5.43. The van der Waals surface area contributed by atoms with Gasteiger partial charge in [0, 0.05) is 25.4 Å². The molecule has 1 aromatic heterocycles. The van der Waals surface area contributed by atoms with Crippen LogP contribution in [0.25, 0.3) is 0 Å². The number of nitrogens with one attached hydrogen (secondary N) is 1. The SMILES string of the molecule is CCOCc1ccccc1CNc1cc([N+](=O)[O-])ccn1. The van der Waals surface area contributed by atoms with E-state index >= 15 is 0 Å². The highest BCUT2D eigenvalue weighted by atomic mass is 16.6. The lowest BCUT2D eigenvalue weighted by molar-refractivity contribution is -0.384. The fourth-order valence-electron chi connectivity index (χ4n) is 1.90. The number of hydrogen-bond donors (Lipinski definition) is 1. The highest BCUT2D eigenvalue weighted by molar-refractivity contribution is 5.45. The van der Waals surface area contributed by atoms with Crippen molar-refractivity contribution in [3.8, 4) is 0 Å². The van der Waals surface area contributed by atoms with Crippen LogP contribution in [0.4, 0.5) is 11.5 Å². The van der Waals surface area contributed by atoms with Gasteiger partial charge in [0.1, 0.15) is 5.82 Å². The van der Waals surface area contributed by atoms with Crippen LogP contribution >= 0.6 is 0 Å². The van der Waals surface area contributed by atoms with Gasteiger partial charge in [-0.2, -0.15) is 0 Å². The van der Waals surface area contributed by atoms with Crippen molar-refractivity contribution in [2.24, 2.45) is 0 Å². The van der Waals surface area contributed by atoms with E-state index in [2.05, 4.69) is 10.3 Å². The van der Waals surface area contributed by atoms with Gasteiger partial charge in [-0.25, -0.2) is 4.98 Å². The minimum Gasteiger partial charge on any atom is -0.377 e. The standard InChI is InChI=1S/C15H17N3O3/c1-2-21-11-13-6-4-3-5-12(13)10-17-15-9-14(18(19)20)7-8-16-15/h3-9H,2,10-11H2,1H3,(H,16,17). The van der Waals surface area contributed by atoms with Gasteiger partial charge in [0.2, 0.25) is 0 Å². The number of pyridine rings is 1. The first kappa shape index (κ1) is 14.9. The molecule has 0 fully saturated rings. The molecule has 21 heavy (non-hydrogen) atoms. The van der Waals surface area contributed by atoms with E-state index in [1.807, 2.05) is 31.2 Å². The Morgan fingerprint density at radius 3 is 2.76 bits per heavy atom. The summed E-state index contributed by atoms with van der Waals surface area (Å²) in [6, 6.07) is 10.7. The van der Waals surface area contributed by atoms with E-state index in [0.29, 0.717) is 25.6 Å². The molecular formula is C15H17N3O3. The quantitative estimate of drug-likeness (QED) is 0.625. The fraction of sp³-hybridized carbons (Fsp3) is 0.267. The van der Waals surface area contributed by atoms with Crippen molar-refractivity contribution in [2.75, 3.05) is 11.9 Å². The second-order valence-electron chi connectivity index (χ2n) is 4.42. The number of ether oxygens (including phenoxy) is 1. The maximum atomic E-state index is 10.7. The molecule has 0 saturated heterocycles. The Labute approximate surface area is 122 Å². The summed E-state index contributed by atoms with van der Waals surface area (Å²) >= 11 is 0. The number of anilines is 1. The molecule has 0 atom stereocenters. The Morgan fingerprint density at radius 1 is 1.29 bits per heavy atom. The van der Waals surface area contributed by atoms with Gasteiger partial charge in [0.15, 0.2) is 0 Å². The number of benzene rings is 1. The largest absolute Gasteiger partial charge is 0.377 e. The normalized spacial score (nSPS) is 10.3. The van der Waals surface area contributed by atoms with Crippen molar-refractivity contribution < 1.29 is 9.66 Å². The first-order valence-electron chi connectivity index (χ1n) is 6.69. The third kappa shape index (κ3) is 4.25. The van der Waals surface area contributed by atoms with Gasteiger partial charge in [-0.1, -0.05) is 24.3 Å². The predicted molar refractivity (Wildman–Crippen MR) is 80.0 cm³/mol. The Kier molecular flexibility index (Phi) is 5.22. The fourth-order valence-corrected chi connectivity index (χ4v) is 1.90. The zero-order valence-corrected chi connectivity index (χ0v) is 11.8. The van der Waals surface area contributed by atoms with Gasteiger partial charge in [-0.05, 0) is 18.1 Å². The minimum atomic E-state index is -0.435. The molecule has 0 radical (unpaired) electrons. The number of rotatable bonds is 7.